The standard InChI is InChI=1S/C29H34FN3O3S/c1-22-13-18-37-27(22)20-33(19-23-9-11-24(30)12-10-23)28(34)21-32(17-16-31-14-5-6-15-31)29(35)25-7-3-4-8-26(25)36-2/h3-4,7-13,18H,5-6,14-17,19-21H2,1-2H3. The van der Waals surface area contributed by atoms with Crippen molar-refractivity contribution >= 4 is 23.2 Å². The zero-order valence-corrected chi connectivity index (χ0v) is 22.3. The van der Waals surface area contributed by atoms with E-state index in [1.807, 2.05) is 24.4 Å². The van der Waals surface area contributed by atoms with Gasteiger partial charge in [0.2, 0.25) is 5.91 Å². The van der Waals surface area contributed by atoms with Crippen LogP contribution in [-0.2, 0) is 17.9 Å². The molecule has 2 aromatic carbocycles. The number of halogens is 1. The number of methoxy groups -OCH3 is 1. The molecule has 1 fully saturated rings. The number of para-hydroxylation sites is 1. The number of aryl methyl sites for hydroxylation is 1. The number of thiophene rings is 1. The fourth-order valence-corrected chi connectivity index (χ4v) is 5.48. The van der Waals surface area contributed by atoms with Gasteiger partial charge in [0, 0.05) is 24.5 Å². The second kappa shape index (κ2) is 12.8. The summed E-state index contributed by atoms with van der Waals surface area (Å²) in [5.74, 6) is -0.199. The maximum Gasteiger partial charge on any atom is 0.258 e. The van der Waals surface area contributed by atoms with Crippen LogP contribution in [0, 0.1) is 12.7 Å². The summed E-state index contributed by atoms with van der Waals surface area (Å²) in [5, 5.41) is 2.01. The lowest BCUT2D eigenvalue weighted by Crippen LogP contribution is -2.45. The molecule has 1 aliphatic heterocycles. The predicted molar refractivity (Wildman–Crippen MR) is 144 cm³/mol. The van der Waals surface area contributed by atoms with Crippen LogP contribution in [0.25, 0.3) is 0 Å². The molecule has 6 nitrogen and oxygen atoms in total. The van der Waals surface area contributed by atoms with Gasteiger partial charge in [0.15, 0.2) is 0 Å². The van der Waals surface area contributed by atoms with Crippen LogP contribution in [-0.4, -0.2) is 66.3 Å². The maximum absolute atomic E-state index is 13.8. The van der Waals surface area contributed by atoms with Crippen LogP contribution in [0.1, 0.15) is 39.2 Å². The van der Waals surface area contributed by atoms with Gasteiger partial charge in [-0.05, 0) is 79.7 Å². The van der Waals surface area contributed by atoms with Crippen molar-refractivity contribution in [1.29, 1.82) is 0 Å². The summed E-state index contributed by atoms with van der Waals surface area (Å²) in [6, 6.07) is 15.4. The number of carbonyl (C=O) groups excluding carboxylic acids is 2. The van der Waals surface area contributed by atoms with Crippen LogP contribution < -0.4 is 4.74 Å². The number of hydrogen-bond acceptors (Lipinski definition) is 5. The highest BCUT2D eigenvalue weighted by molar-refractivity contribution is 7.10. The number of rotatable bonds is 11. The lowest BCUT2D eigenvalue weighted by atomic mass is 10.1. The van der Waals surface area contributed by atoms with E-state index in [9.17, 15) is 14.0 Å². The van der Waals surface area contributed by atoms with Crippen LogP contribution in [0.3, 0.4) is 0 Å². The summed E-state index contributed by atoms with van der Waals surface area (Å²) in [6.07, 6.45) is 2.32. The van der Waals surface area contributed by atoms with E-state index in [1.165, 1.54) is 12.1 Å². The molecule has 0 saturated carbocycles. The smallest absolute Gasteiger partial charge is 0.258 e. The minimum absolute atomic E-state index is 0.0453. The Labute approximate surface area is 222 Å². The molecule has 0 atom stereocenters. The van der Waals surface area contributed by atoms with Crippen molar-refractivity contribution in [3.05, 3.63) is 87.4 Å². The second-order valence-corrected chi connectivity index (χ2v) is 10.4. The molecule has 2 heterocycles. The molecule has 3 aromatic rings. The quantitative estimate of drug-likeness (QED) is 0.356. The maximum atomic E-state index is 13.8. The molecule has 1 aliphatic rings. The van der Waals surface area contributed by atoms with Gasteiger partial charge >= 0.3 is 0 Å². The van der Waals surface area contributed by atoms with Crippen molar-refractivity contribution in [2.24, 2.45) is 0 Å². The van der Waals surface area contributed by atoms with Crippen molar-refractivity contribution in [2.75, 3.05) is 39.8 Å². The largest absolute Gasteiger partial charge is 0.496 e. The van der Waals surface area contributed by atoms with Gasteiger partial charge in [-0.1, -0.05) is 24.3 Å². The first-order valence-electron chi connectivity index (χ1n) is 12.6. The monoisotopic (exact) mass is 523 g/mol. The van der Waals surface area contributed by atoms with E-state index in [1.54, 1.807) is 58.6 Å². The number of hydrogen-bond donors (Lipinski definition) is 0. The Hall–Kier alpha value is -3.23. The average molecular weight is 524 g/mol. The molecular weight excluding hydrogens is 489 g/mol. The van der Waals surface area contributed by atoms with Crippen LogP contribution >= 0.6 is 11.3 Å². The molecule has 37 heavy (non-hydrogen) atoms. The minimum Gasteiger partial charge on any atom is -0.496 e. The van der Waals surface area contributed by atoms with Crippen LogP contribution in [0.15, 0.2) is 60.0 Å². The number of nitrogens with zero attached hydrogens (tertiary/aromatic N) is 3. The Morgan fingerprint density at radius 1 is 1.00 bits per heavy atom. The topological polar surface area (TPSA) is 53.1 Å². The van der Waals surface area contributed by atoms with E-state index < -0.39 is 0 Å². The molecule has 0 aliphatic carbocycles. The fourth-order valence-electron chi connectivity index (χ4n) is 4.56. The zero-order valence-electron chi connectivity index (χ0n) is 21.5. The van der Waals surface area contributed by atoms with Crippen molar-refractivity contribution < 1.29 is 18.7 Å². The fraction of sp³-hybridized carbons (Fsp3) is 0.379. The molecule has 1 aromatic heterocycles. The third-order valence-electron chi connectivity index (χ3n) is 6.78. The second-order valence-electron chi connectivity index (χ2n) is 9.38. The van der Waals surface area contributed by atoms with Gasteiger partial charge in [0.25, 0.3) is 5.91 Å². The predicted octanol–water partition coefficient (Wildman–Crippen LogP) is 4.97. The summed E-state index contributed by atoms with van der Waals surface area (Å²) in [4.78, 5) is 34.3. The minimum atomic E-state index is -0.314. The molecule has 1 saturated heterocycles. The van der Waals surface area contributed by atoms with Gasteiger partial charge in [-0.15, -0.1) is 11.3 Å². The summed E-state index contributed by atoms with van der Waals surface area (Å²) in [6.45, 7) is 5.94. The first kappa shape index (κ1) is 26.8. The van der Waals surface area contributed by atoms with Crippen molar-refractivity contribution in [3.8, 4) is 5.75 Å². The SMILES string of the molecule is COc1ccccc1C(=O)N(CCN1CCCC1)CC(=O)N(Cc1ccc(F)cc1)Cc1sccc1C. The number of benzene rings is 2. The highest BCUT2D eigenvalue weighted by Crippen LogP contribution is 2.22. The molecule has 0 radical (unpaired) electrons. The Bertz CT molecular complexity index is 1190. The first-order chi connectivity index (χ1) is 17.9. The Kier molecular flexibility index (Phi) is 9.30. The van der Waals surface area contributed by atoms with Gasteiger partial charge in [0.1, 0.15) is 18.1 Å². The highest BCUT2D eigenvalue weighted by Gasteiger charge is 2.26. The summed E-state index contributed by atoms with van der Waals surface area (Å²) >= 11 is 1.60. The van der Waals surface area contributed by atoms with Crippen LogP contribution in [0.5, 0.6) is 5.75 Å². The van der Waals surface area contributed by atoms with E-state index >= 15 is 0 Å². The average Bonchev–Trinajstić information content (AvgIpc) is 3.58. The number of amides is 2. The molecule has 4 rings (SSSR count). The number of likely N-dealkylation sites (tertiary alicyclic amines) is 1. The third kappa shape index (κ3) is 7.17. The molecule has 0 spiro atoms. The highest BCUT2D eigenvalue weighted by atomic mass is 32.1. The molecular formula is C29H34FN3O3S. The first-order valence-corrected chi connectivity index (χ1v) is 13.5. The van der Waals surface area contributed by atoms with E-state index in [0.717, 1.165) is 48.5 Å². The number of ether oxygens (including phenoxy) is 1. The van der Waals surface area contributed by atoms with Gasteiger partial charge in [-0.25, -0.2) is 4.39 Å². The van der Waals surface area contributed by atoms with Gasteiger partial charge < -0.3 is 19.4 Å². The lowest BCUT2D eigenvalue weighted by molar-refractivity contribution is -0.133. The van der Waals surface area contributed by atoms with Crippen molar-refractivity contribution in [1.82, 2.24) is 14.7 Å². The molecule has 0 unspecified atom stereocenters. The Balaban J connectivity index is 1.56. The van der Waals surface area contributed by atoms with E-state index in [0.29, 0.717) is 30.9 Å². The molecule has 2 amide bonds. The summed E-state index contributed by atoms with van der Waals surface area (Å²) in [5.41, 5.74) is 2.40. The van der Waals surface area contributed by atoms with Crippen LogP contribution in [0.4, 0.5) is 4.39 Å². The Morgan fingerprint density at radius 2 is 1.73 bits per heavy atom. The van der Waals surface area contributed by atoms with E-state index in [4.69, 9.17) is 4.74 Å². The lowest BCUT2D eigenvalue weighted by Gasteiger charge is -2.29. The third-order valence-corrected chi connectivity index (χ3v) is 7.79. The van der Waals surface area contributed by atoms with Gasteiger partial charge in [-0.2, -0.15) is 0 Å². The molecule has 0 bridgehead atoms. The van der Waals surface area contributed by atoms with Crippen molar-refractivity contribution in [3.63, 3.8) is 0 Å². The summed E-state index contributed by atoms with van der Waals surface area (Å²) < 4.78 is 18.9. The molecule has 0 N–H and O–H groups in total. The van der Waals surface area contributed by atoms with Gasteiger partial charge in [0.05, 0.1) is 19.2 Å². The number of carbonyl (C=O) groups is 2. The van der Waals surface area contributed by atoms with E-state index in [-0.39, 0.29) is 24.2 Å². The van der Waals surface area contributed by atoms with Crippen molar-refractivity contribution in [2.45, 2.75) is 32.9 Å². The summed E-state index contributed by atoms with van der Waals surface area (Å²) in [7, 11) is 1.54. The van der Waals surface area contributed by atoms with Crippen LogP contribution in [0.2, 0.25) is 0 Å². The molecule has 8 heteroatoms. The Morgan fingerprint density at radius 3 is 2.41 bits per heavy atom. The zero-order chi connectivity index (χ0) is 26.2. The van der Waals surface area contributed by atoms with E-state index in [2.05, 4.69) is 4.90 Å². The molecule has 196 valence electrons. The van der Waals surface area contributed by atoms with Gasteiger partial charge in [-0.3, -0.25) is 9.59 Å². The normalized spacial score (nSPS) is 13.5.